The number of likely N-dealkylation sites (N-methyl/N-ethyl adjacent to an activating group) is 1. The van der Waals surface area contributed by atoms with Gasteiger partial charge in [0.1, 0.15) is 4.60 Å². The van der Waals surface area contributed by atoms with E-state index in [0.717, 1.165) is 17.7 Å². The summed E-state index contributed by atoms with van der Waals surface area (Å²) in [6.07, 6.45) is 4.48. The van der Waals surface area contributed by atoms with E-state index in [4.69, 9.17) is 0 Å². The van der Waals surface area contributed by atoms with Crippen molar-refractivity contribution in [2.24, 2.45) is 0 Å². The molecule has 2 heterocycles. The van der Waals surface area contributed by atoms with E-state index in [1.54, 1.807) is 0 Å². The van der Waals surface area contributed by atoms with Gasteiger partial charge in [0.25, 0.3) is 0 Å². The highest BCUT2D eigenvalue weighted by atomic mass is 79.9. The quantitative estimate of drug-likeness (QED) is 0.857. The van der Waals surface area contributed by atoms with E-state index in [2.05, 4.69) is 50.3 Å². The number of hydrogen-bond donors (Lipinski definition) is 1. The Morgan fingerprint density at radius 2 is 2.50 bits per heavy atom. The van der Waals surface area contributed by atoms with Crippen LogP contribution in [0, 0.1) is 0 Å². The Morgan fingerprint density at radius 3 is 3.19 bits per heavy atom. The monoisotopic (exact) mass is 283 g/mol. The highest BCUT2D eigenvalue weighted by Crippen LogP contribution is 2.11. The molecule has 3 nitrogen and oxygen atoms in total. The van der Waals surface area contributed by atoms with Crippen molar-refractivity contribution < 1.29 is 0 Å². The molecule has 1 saturated heterocycles. The van der Waals surface area contributed by atoms with Crippen LogP contribution in [0.3, 0.4) is 0 Å². The molecule has 16 heavy (non-hydrogen) atoms. The molecule has 1 N–H and O–H groups in total. The summed E-state index contributed by atoms with van der Waals surface area (Å²) in [6.45, 7) is 3.29. The summed E-state index contributed by atoms with van der Waals surface area (Å²) < 4.78 is 0.914. The number of rotatable bonds is 4. The number of pyridine rings is 1. The van der Waals surface area contributed by atoms with Crippen LogP contribution in [0.5, 0.6) is 0 Å². The molecule has 1 atom stereocenters. The summed E-state index contributed by atoms with van der Waals surface area (Å²) >= 11 is 3.40. The fourth-order valence-corrected chi connectivity index (χ4v) is 2.62. The van der Waals surface area contributed by atoms with Crippen molar-refractivity contribution in [2.75, 3.05) is 20.1 Å². The predicted molar refractivity (Wildman–Crippen MR) is 69.3 cm³/mol. The van der Waals surface area contributed by atoms with Gasteiger partial charge in [-0.1, -0.05) is 0 Å². The maximum Gasteiger partial charge on any atom is 0.106 e. The molecule has 0 aliphatic carbocycles. The highest BCUT2D eigenvalue weighted by molar-refractivity contribution is 9.10. The fraction of sp³-hybridized carbons (Fsp3) is 0.583. The van der Waals surface area contributed by atoms with E-state index in [1.165, 1.54) is 24.9 Å². The molecule has 2 rings (SSSR count). The second-order valence-electron chi connectivity index (χ2n) is 4.48. The molecule has 4 heteroatoms. The van der Waals surface area contributed by atoms with Crippen molar-refractivity contribution >= 4 is 15.9 Å². The number of nitrogens with one attached hydrogen (secondary N) is 1. The topological polar surface area (TPSA) is 28.2 Å². The summed E-state index contributed by atoms with van der Waals surface area (Å²) in [5.41, 5.74) is 1.31. The smallest absolute Gasteiger partial charge is 0.106 e. The van der Waals surface area contributed by atoms with Gasteiger partial charge in [-0.15, -0.1) is 0 Å². The molecule has 88 valence electrons. The minimum Gasteiger partial charge on any atom is -0.313 e. The number of nitrogens with zero attached hydrogens (tertiary/aromatic N) is 2. The number of aromatic nitrogens is 1. The predicted octanol–water partition coefficient (Wildman–Crippen LogP) is 2.03. The first-order valence-electron chi connectivity index (χ1n) is 5.76. The van der Waals surface area contributed by atoms with Gasteiger partial charge in [0.2, 0.25) is 0 Å². The van der Waals surface area contributed by atoms with E-state index in [1.807, 2.05) is 6.20 Å². The lowest BCUT2D eigenvalue weighted by molar-refractivity contribution is 0.293. The van der Waals surface area contributed by atoms with Crippen LogP contribution in [-0.2, 0) is 6.54 Å². The summed E-state index contributed by atoms with van der Waals surface area (Å²) in [4.78, 5) is 6.50. The standard InChI is InChI=1S/C12H18BrN3/c1-16(9-11-3-2-5-14-11)8-10-4-6-15-12(13)7-10/h4,6-7,11,14H,2-3,5,8-9H2,1H3/t11-/m1/s1. The molecule has 0 spiro atoms. The SMILES string of the molecule is CN(Cc1ccnc(Br)c1)C[C@H]1CCCN1. The average molecular weight is 284 g/mol. The van der Waals surface area contributed by atoms with Crippen molar-refractivity contribution in [3.63, 3.8) is 0 Å². The molecule has 1 aliphatic heterocycles. The minimum atomic E-state index is 0.676. The Balaban J connectivity index is 1.84. The Bertz CT molecular complexity index is 337. The van der Waals surface area contributed by atoms with Crippen LogP contribution in [-0.4, -0.2) is 36.1 Å². The average Bonchev–Trinajstić information content (AvgIpc) is 2.70. The maximum absolute atomic E-state index is 4.14. The van der Waals surface area contributed by atoms with Gasteiger partial charge in [-0.25, -0.2) is 4.98 Å². The van der Waals surface area contributed by atoms with Crippen molar-refractivity contribution in [3.8, 4) is 0 Å². The zero-order valence-corrected chi connectivity index (χ0v) is 11.2. The van der Waals surface area contributed by atoms with Crippen molar-refractivity contribution in [1.29, 1.82) is 0 Å². The van der Waals surface area contributed by atoms with Gasteiger partial charge in [0.05, 0.1) is 0 Å². The van der Waals surface area contributed by atoms with E-state index < -0.39 is 0 Å². The Hall–Kier alpha value is -0.450. The normalized spacial score (nSPS) is 20.6. The van der Waals surface area contributed by atoms with Crippen molar-refractivity contribution in [1.82, 2.24) is 15.2 Å². The zero-order valence-electron chi connectivity index (χ0n) is 9.62. The molecule has 0 amide bonds. The second-order valence-corrected chi connectivity index (χ2v) is 5.29. The van der Waals surface area contributed by atoms with Gasteiger partial charge < -0.3 is 10.2 Å². The second kappa shape index (κ2) is 5.75. The van der Waals surface area contributed by atoms with Crippen LogP contribution in [0.4, 0.5) is 0 Å². The van der Waals surface area contributed by atoms with Gasteiger partial charge in [0, 0.05) is 25.3 Å². The van der Waals surface area contributed by atoms with Crippen LogP contribution < -0.4 is 5.32 Å². The summed E-state index contributed by atoms with van der Waals surface area (Å²) in [7, 11) is 2.17. The van der Waals surface area contributed by atoms with Crippen molar-refractivity contribution in [3.05, 3.63) is 28.5 Å². The molecule has 0 bridgehead atoms. The zero-order chi connectivity index (χ0) is 11.4. The van der Waals surface area contributed by atoms with Gasteiger partial charge >= 0.3 is 0 Å². The molecule has 0 radical (unpaired) electrons. The van der Waals surface area contributed by atoms with Gasteiger partial charge in [0.15, 0.2) is 0 Å². The first-order valence-corrected chi connectivity index (χ1v) is 6.56. The third kappa shape index (κ3) is 3.54. The third-order valence-corrected chi connectivity index (χ3v) is 3.37. The van der Waals surface area contributed by atoms with Crippen LogP contribution in [0.25, 0.3) is 0 Å². The van der Waals surface area contributed by atoms with Gasteiger partial charge in [-0.2, -0.15) is 0 Å². The minimum absolute atomic E-state index is 0.676. The van der Waals surface area contributed by atoms with E-state index in [0.29, 0.717) is 6.04 Å². The Kier molecular flexibility index (Phi) is 4.32. The Morgan fingerprint density at radius 1 is 1.62 bits per heavy atom. The number of hydrogen-bond acceptors (Lipinski definition) is 3. The lowest BCUT2D eigenvalue weighted by atomic mass is 10.2. The van der Waals surface area contributed by atoms with Gasteiger partial charge in [-0.05, 0) is 60.1 Å². The van der Waals surface area contributed by atoms with E-state index in [-0.39, 0.29) is 0 Å². The van der Waals surface area contributed by atoms with Crippen molar-refractivity contribution in [2.45, 2.75) is 25.4 Å². The lowest BCUT2D eigenvalue weighted by Gasteiger charge is -2.21. The summed E-state index contributed by atoms with van der Waals surface area (Å²) in [5, 5.41) is 3.52. The summed E-state index contributed by atoms with van der Waals surface area (Å²) in [5.74, 6) is 0. The first-order chi connectivity index (χ1) is 7.74. The third-order valence-electron chi connectivity index (χ3n) is 2.94. The van der Waals surface area contributed by atoms with E-state index in [9.17, 15) is 0 Å². The molecular formula is C12H18BrN3. The number of halogens is 1. The fourth-order valence-electron chi connectivity index (χ4n) is 2.21. The molecule has 0 unspecified atom stereocenters. The van der Waals surface area contributed by atoms with Crippen LogP contribution >= 0.6 is 15.9 Å². The maximum atomic E-state index is 4.14. The molecule has 0 saturated carbocycles. The molecule has 1 fully saturated rings. The molecule has 0 aromatic carbocycles. The molecular weight excluding hydrogens is 266 g/mol. The van der Waals surface area contributed by atoms with Crippen LogP contribution in [0.1, 0.15) is 18.4 Å². The van der Waals surface area contributed by atoms with Crippen LogP contribution in [0.15, 0.2) is 22.9 Å². The highest BCUT2D eigenvalue weighted by Gasteiger charge is 2.15. The van der Waals surface area contributed by atoms with E-state index >= 15 is 0 Å². The molecule has 1 aromatic heterocycles. The van der Waals surface area contributed by atoms with Gasteiger partial charge in [-0.3, -0.25) is 0 Å². The largest absolute Gasteiger partial charge is 0.313 e. The molecule has 1 aliphatic rings. The molecule has 1 aromatic rings. The first kappa shape index (κ1) is 12.0. The van der Waals surface area contributed by atoms with Crippen LogP contribution in [0.2, 0.25) is 0 Å². The Labute approximate surface area is 105 Å². The lowest BCUT2D eigenvalue weighted by Crippen LogP contribution is -2.34. The summed E-state index contributed by atoms with van der Waals surface area (Å²) in [6, 6.07) is 4.83.